The van der Waals surface area contributed by atoms with Crippen molar-refractivity contribution in [1.82, 2.24) is 14.9 Å². The van der Waals surface area contributed by atoms with E-state index in [1.807, 2.05) is 29.3 Å². The first-order chi connectivity index (χ1) is 13.2. The number of nitrogens with zero attached hydrogens (tertiary/aromatic N) is 2. The molecule has 1 aliphatic carbocycles. The lowest BCUT2D eigenvalue weighted by Crippen LogP contribution is -2.42. The number of fused-ring (bicyclic) bond motifs is 1. The molecule has 0 radical (unpaired) electrons. The van der Waals surface area contributed by atoms with Gasteiger partial charge < -0.3 is 9.88 Å². The van der Waals surface area contributed by atoms with Crippen molar-refractivity contribution in [2.75, 3.05) is 0 Å². The number of nitrogens with one attached hydrogen (secondary N) is 1. The lowest BCUT2D eigenvalue weighted by atomic mass is 9.93. The number of aromatic nitrogens is 2. The molecule has 27 heavy (non-hydrogen) atoms. The SMILES string of the molecule is O=C(Cc1c[nH]c2ncccc12)N(Cc1ccccc1F)C1CCCCC1. The van der Waals surface area contributed by atoms with Gasteiger partial charge in [0.2, 0.25) is 5.91 Å². The van der Waals surface area contributed by atoms with Gasteiger partial charge in [-0.05, 0) is 36.6 Å². The van der Waals surface area contributed by atoms with E-state index in [0.717, 1.165) is 42.3 Å². The summed E-state index contributed by atoms with van der Waals surface area (Å²) in [5, 5.41) is 0.973. The molecule has 0 spiro atoms. The van der Waals surface area contributed by atoms with Gasteiger partial charge in [-0.2, -0.15) is 0 Å². The lowest BCUT2D eigenvalue weighted by molar-refractivity contribution is -0.134. The van der Waals surface area contributed by atoms with Gasteiger partial charge in [0.05, 0.1) is 6.42 Å². The summed E-state index contributed by atoms with van der Waals surface area (Å²) in [5.41, 5.74) is 2.31. The van der Waals surface area contributed by atoms with Crippen LogP contribution >= 0.6 is 0 Å². The highest BCUT2D eigenvalue weighted by molar-refractivity contribution is 5.87. The second kappa shape index (κ2) is 7.91. The third kappa shape index (κ3) is 3.87. The van der Waals surface area contributed by atoms with Crippen LogP contribution in [0.3, 0.4) is 0 Å². The maximum absolute atomic E-state index is 14.2. The van der Waals surface area contributed by atoms with Crippen LogP contribution in [0.15, 0.2) is 48.8 Å². The maximum Gasteiger partial charge on any atom is 0.227 e. The van der Waals surface area contributed by atoms with Gasteiger partial charge >= 0.3 is 0 Å². The standard InChI is InChI=1S/C22H24FN3O/c23-20-11-5-4-7-16(20)15-26(18-8-2-1-3-9-18)21(27)13-17-14-25-22-19(17)10-6-12-24-22/h4-7,10-12,14,18H,1-3,8-9,13,15H2,(H,24,25). The fourth-order valence-corrected chi connectivity index (χ4v) is 4.05. The third-order valence-corrected chi connectivity index (χ3v) is 5.51. The summed E-state index contributed by atoms with van der Waals surface area (Å²) in [5.74, 6) is -0.197. The van der Waals surface area contributed by atoms with Crippen LogP contribution in [0.5, 0.6) is 0 Å². The first kappa shape index (κ1) is 17.7. The molecular weight excluding hydrogens is 341 g/mol. The van der Waals surface area contributed by atoms with Crippen molar-refractivity contribution in [2.24, 2.45) is 0 Å². The van der Waals surface area contributed by atoms with Crippen LogP contribution in [0.4, 0.5) is 4.39 Å². The predicted octanol–water partition coefficient (Wildman–Crippen LogP) is 4.61. The Morgan fingerprint density at radius 3 is 2.74 bits per heavy atom. The number of carbonyl (C=O) groups is 1. The zero-order valence-electron chi connectivity index (χ0n) is 15.3. The summed E-state index contributed by atoms with van der Waals surface area (Å²) in [6.07, 6.45) is 9.36. The van der Waals surface area contributed by atoms with E-state index < -0.39 is 0 Å². The number of rotatable bonds is 5. The molecule has 5 heteroatoms. The average Bonchev–Trinajstić information content (AvgIpc) is 3.11. The number of carbonyl (C=O) groups excluding carboxylic acids is 1. The van der Waals surface area contributed by atoms with Gasteiger partial charge in [0.15, 0.2) is 0 Å². The minimum Gasteiger partial charge on any atom is -0.346 e. The molecule has 1 saturated carbocycles. The number of pyridine rings is 1. The van der Waals surface area contributed by atoms with Gasteiger partial charge in [0.1, 0.15) is 11.5 Å². The van der Waals surface area contributed by atoms with Crippen molar-refractivity contribution in [1.29, 1.82) is 0 Å². The Bertz CT molecular complexity index is 930. The number of hydrogen-bond acceptors (Lipinski definition) is 2. The van der Waals surface area contributed by atoms with Gasteiger partial charge in [-0.1, -0.05) is 37.5 Å². The van der Waals surface area contributed by atoms with Crippen LogP contribution in [-0.2, 0) is 17.8 Å². The van der Waals surface area contributed by atoms with Crippen molar-refractivity contribution in [3.8, 4) is 0 Å². The van der Waals surface area contributed by atoms with Crippen molar-refractivity contribution in [3.63, 3.8) is 0 Å². The second-order valence-electron chi connectivity index (χ2n) is 7.30. The molecule has 3 aromatic rings. The summed E-state index contributed by atoms with van der Waals surface area (Å²) >= 11 is 0. The fraction of sp³-hybridized carbons (Fsp3) is 0.364. The van der Waals surface area contributed by atoms with Crippen molar-refractivity contribution in [2.45, 2.75) is 51.1 Å². The normalized spacial score (nSPS) is 15.1. The largest absolute Gasteiger partial charge is 0.346 e. The molecule has 0 saturated heterocycles. The molecule has 1 aromatic carbocycles. The fourth-order valence-electron chi connectivity index (χ4n) is 4.05. The van der Waals surface area contributed by atoms with Gasteiger partial charge in [-0.3, -0.25) is 4.79 Å². The molecule has 140 valence electrons. The van der Waals surface area contributed by atoms with Crippen molar-refractivity contribution in [3.05, 3.63) is 65.7 Å². The number of amides is 1. The van der Waals surface area contributed by atoms with E-state index in [9.17, 15) is 9.18 Å². The minimum absolute atomic E-state index is 0.0508. The molecule has 4 nitrogen and oxygen atoms in total. The Kier molecular flexibility index (Phi) is 5.19. The summed E-state index contributed by atoms with van der Waals surface area (Å²) < 4.78 is 14.2. The molecule has 1 amide bonds. The van der Waals surface area contributed by atoms with E-state index in [2.05, 4.69) is 9.97 Å². The Balaban J connectivity index is 1.59. The van der Waals surface area contributed by atoms with Gasteiger partial charge in [-0.25, -0.2) is 9.37 Å². The Labute approximate surface area is 158 Å². The molecule has 2 aromatic heterocycles. The van der Waals surface area contributed by atoms with Crippen molar-refractivity contribution >= 4 is 16.9 Å². The van der Waals surface area contributed by atoms with Gasteiger partial charge in [0.25, 0.3) is 0 Å². The maximum atomic E-state index is 14.2. The number of benzene rings is 1. The summed E-state index contributed by atoms with van der Waals surface area (Å²) in [4.78, 5) is 22.6. The van der Waals surface area contributed by atoms with E-state index >= 15 is 0 Å². The monoisotopic (exact) mass is 365 g/mol. The van der Waals surface area contributed by atoms with Crippen LogP contribution in [0, 0.1) is 5.82 Å². The molecule has 0 bridgehead atoms. The number of hydrogen-bond donors (Lipinski definition) is 1. The van der Waals surface area contributed by atoms with E-state index in [4.69, 9.17) is 0 Å². The van der Waals surface area contributed by atoms with Gasteiger partial charge in [0, 0.05) is 35.9 Å². The molecule has 1 aliphatic rings. The summed E-state index contributed by atoms with van der Waals surface area (Å²) in [6, 6.07) is 10.8. The highest BCUT2D eigenvalue weighted by atomic mass is 19.1. The smallest absolute Gasteiger partial charge is 0.227 e. The Hall–Kier alpha value is -2.69. The second-order valence-corrected chi connectivity index (χ2v) is 7.30. The highest BCUT2D eigenvalue weighted by Crippen LogP contribution is 2.26. The molecule has 2 heterocycles. The van der Waals surface area contributed by atoms with Crippen LogP contribution in [0.1, 0.15) is 43.2 Å². The zero-order chi connectivity index (χ0) is 18.6. The average molecular weight is 365 g/mol. The highest BCUT2D eigenvalue weighted by Gasteiger charge is 2.27. The van der Waals surface area contributed by atoms with E-state index in [1.54, 1.807) is 18.3 Å². The summed E-state index contributed by atoms with van der Waals surface area (Å²) in [7, 11) is 0. The number of halogens is 1. The van der Waals surface area contributed by atoms with E-state index in [1.165, 1.54) is 12.5 Å². The summed E-state index contributed by atoms with van der Waals surface area (Å²) in [6.45, 7) is 0.330. The molecule has 0 atom stereocenters. The predicted molar refractivity (Wildman–Crippen MR) is 104 cm³/mol. The molecule has 1 N–H and O–H groups in total. The first-order valence-corrected chi connectivity index (χ1v) is 9.66. The molecule has 0 aliphatic heterocycles. The Morgan fingerprint density at radius 1 is 1.11 bits per heavy atom. The Morgan fingerprint density at radius 2 is 1.93 bits per heavy atom. The molecular formula is C22H24FN3O. The van der Waals surface area contributed by atoms with Crippen LogP contribution in [0.25, 0.3) is 11.0 Å². The van der Waals surface area contributed by atoms with Crippen LogP contribution < -0.4 is 0 Å². The minimum atomic E-state index is -0.248. The molecule has 0 unspecified atom stereocenters. The van der Waals surface area contributed by atoms with E-state index in [-0.39, 0.29) is 17.8 Å². The first-order valence-electron chi connectivity index (χ1n) is 9.66. The lowest BCUT2D eigenvalue weighted by Gasteiger charge is -2.34. The molecule has 4 rings (SSSR count). The number of aromatic amines is 1. The number of H-pyrrole nitrogens is 1. The topological polar surface area (TPSA) is 49.0 Å². The van der Waals surface area contributed by atoms with Crippen LogP contribution in [0.2, 0.25) is 0 Å². The zero-order valence-corrected chi connectivity index (χ0v) is 15.3. The third-order valence-electron chi connectivity index (χ3n) is 5.51. The van der Waals surface area contributed by atoms with E-state index in [0.29, 0.717) is 18.5 Å². The van der Waals surface area contributed by atoms with Crippen LogP contribution in [-0.4, -0.2) is 26.8 Å². The quantitative estimate of drug-likeness (QED) is 0.718. The van der Waals surface area contributed by atoms with Crippen molar-refractivity contribution < 1.29 is 9.18 Å². The van der Waals surface area contributed by atoms with Gasteiger partial charge in [-0.15, -0.1) is 0 Å². The molecule has 1 fully saturated rings.